The van der Waals surface area contributed by atoms with Gasteiger partial charge in [0, 0.05) is 51.4 Å². The average Bonchev–Trinajstić information content (AvgIpc) is 2.51. The monoisotopic (exact) mass is 325 g/mol. The van der Waals surface area contributed by atoms with E-state index in [2.05, 4.69) is 60.0 Å². The first-order valence-corrected chi connectivity index (χ1v) is 9.43. The number of hydrogen-bond donors (Lipinski definition) is 2. The van der Waals surface area contributed by atoms with Gasteiger partial charge in [-0.2, -0.15) is 0 Å². The largest absolute Gasteiger partial charge is 0.355 e. The van der Waals surface area contributed by atoms with E-state index in [1.54, 1.807) is 0 Å². The lowest BCUT2D eigenvalue weighted by Gasteiger charge is -2.33. The summed E-state index contributed by atoms with van der Waals surface area (Å²) in [5, 5.41) is 7.07. The van der Waals surface area contributed by atoms with E-state index in [4.69, 9.17) is 0 Å². The average molecular weight is 326 g/mol. The fraction of sp³-hybridized carbons (Fsp3) is 0.944. The molecule has 0 spiro atoms. The maximum Gasteiger partial charge on any atom is 0.191 e. The SMILES string of the molecule is CCCN1CCC(NC(=NC)NCCN(C(C)C)C(C)C)CC1. The van der Waals surface area contributed by atoms with Gasteiger partial charge in [-0.1, -0.05) is 6.92 Å². The molecule has 0 aliphatic carbocycles. The lowest BCUT2D eigenvalue weighted by molar-refractivity contribution is 0.178. The van der Waals surface area contributed by atoms with Gasteiger partial charge in [-0.3, -0.25) is 9.89 Å². The molecule has 0 bridgehead atoms. The van der Waals surface area contributed by atoms with Crippen LogP contribution in [0.3, 0.4) is 0 Å². The van der Waals surface area contributed by atoms with E-state index in [-0.39, 0.29) is 0 Å². The number of rotatable bonds is 8. The Morgan fingerprint density at radius 1 is 1.17 bits per heavy atom. The normalized spacial score (nSPS) is 18.2. The highest BCUT2D eigenvalue weighted by molar-refractivity contribution is 5.79. The fourth-order valence-electron chi connectivity index (χ4n) is 3.42. The topological polar surface area (TPSA) is 42.9 Å². The summed E-state index contributed by atoms with van der Waals surface area (Å²) >= 11 is 0. The van der Waals surface area contributed by atoms with Crippen molar-refractivity contribution < 1.29 is 0 Å². The van der Waals surface area contributed by atoms with Crippen LogP contribution in [0.4, 0.5) is 0 Å². The molecule has 0 unspecified atom stereocenters. The van der Waals surface area contributed by atoms with Crippen LogP contribution in [0.2, 0.25) is 0 Å². The second-order valence-electron chi connectivity index (χ2n) is 7.18. The molecule has 1 saturated heterocycles. The Kier molecular flexibility index (Phi) is 9.56. The number of nitrogens with zero attached hydrogens (tertiary/aromatic N) is 3. The zero-order chi connectivity index (χ0) is 17.2. The molecule has 0 aromatic rings. The second kappa shape index (κ2) is 10.9. The van der Waals surface area contributed by atoms with Crippen molar-refractivity contribution in [2.45, 2.75) is 72.0 Å². The Balaban J connectivity index is 2.30. The first-order valence-electron chi connectivity index (χ1n) is 9.43. The summed E-state index contributed by atoms with van der Waals surface area (Å²) in [6.07, 6.45) is 3.68. The molecule has 136 valence electrons. The lowest BCUT2D eigenvalue weighted by Crippen LogP contribution is -2.50. The quantitative estimate of drug-likeness (QED) is 0.530. The van der Waals surface area contributed by atoms with Crippen LogP contribution in [-0.2, 0) is 0 Å². The third-order valence-corrected chi connectivity index (χ3v) is 4.68. The van der Waals surface area contributed by atoms with E-state index in [0.717, 1.165) is 19.0 Å². The van der Waals surface area contributed by atoms with Crippen molar-refractivity contribution in [1.29, 1.82) is 0 Å². The van der Waals surface area contributed by atoms with Gasteiger partial charge in [-0.25, -0.2) is 0 Å². The molecule has 1 heterocycles. The molecule has 5 heteroatoms. The van der Waals surface area contributed by atoms with Crippen LogP contribution in [0.1, 0.15) is 53.9 Å². The van der Waals surface area contributed by atoms with Crippen molar-refractivity contribution in [3.63, 3.8) is 0 Å². The molecule has 1 aliphatic rings. The lowest BCUT2D eigenvalue weighted by atomic mass is 10.1. The number of aliphatic imine (C=N–C) groups is 1. The molecular weight excluding hydrogens is 286 g/mol. The van der Waals surface area contributed by atoms with Crippen LogP contribution in [-0.4, -0.2) is 73.7 Å². The maximum absolute atomic E-state index is 4.39. The molecular formula is C18H39N5. The van der Waals surface area contributed by atoms with E-state index >= 15 is 0 Å². The molecule has 0 aromatic heterocycles. The van der Waals surface area contributed by atoms with Gasteiger partial charge < -0.3 is 15.5 Å². The van der Waals surface area contributed by atoms with Crippen LogP contribution < -0.4 is 10.6 Å². The molecule has 2 N–H and O–H groups in total. The maximum atomic E-state index is 4.39. The summed E-state index contributed by atoms with van der Waals surface area (Å²) in [5.74, 6) is 0.950. The van der Waals surface area contributed by atoms with Gasteiger partial charge in [-0.15, -0.1) is 0 Å². The minimum atomic E-state index is 0.556. The van der Waals surface area contributed by atoms with Crippen molar-refractivity contribution in [1.82, 2.24) is 20.4 Å². The molecule has 5 nitrogen and oxygen atoms in total. The van der Waals surface area contributed by atoms with Crippen LogP contribution >= 0.6 is 0 Å². The van der Waals surface area contributed by atoms with Crippen molar-refractivity contribution in [2.75, 3.05) is 39.8 Å². The Morgan fingerprint density at radius 3 is 2.26 bits per heavy atom. The standard InChI is InChI=1S/C18H39N5/c1-7-11-22-12-8-17(9-13-22)21-18(19-6)20-10-14-23(15(2)3)16(4)5/h15-17H,7-14H2,1-6H3,(H2,19,20,21). The summed E-state index contributed by atoms with van der Waals surface area (Å²) in [6, 6.07) is 1.71. The molecule has 0 radical (unpaired) electrons. The van der Waals surface area contributed by atoms with Crippen LogP contribution in [0.5, 0.6) is 0 Å². The smallest absolute Gasteiger partial charge is 0.191 e. The highest BCUT2D eigenvalue weighted by atomic mass is 15.2. The number of hydrogen-bond acceptors (Lipinski definition) is 3. The van der Waals surface area contributed by atoms with Crippen LogP contribution in [0, 0.1) is 0 Å². The Bertz CT molecular complexity index is 324. The van der Waals surface area contributed by atoms with Gasteiger partial charge in [0.2, 0.25) is 0 Å². The van der Waals surface area contributed by atoms with E-state index in [1.807, 2.05) is 7.05 Å². The van der Waals surface area contributed by atoms with Gasteiger partial charge in [0.15, 0.2) is 5.96 Å². The van der Waals surface area contributed by atoms with Gasteiger partial charge in [0.05, 0.1) is 0 Å². The van der Waals surface area contributed by atoms with E-state index in [0.29, 0.717) is 18.1 Å². The first-order chi connectivity index (χ1) is 11.0. The number of piperidine rings is 1. The van der Waals surface area contributed by atoms with Gasteiger partial charge >= 0.3 is 0 Å². The summed E-state index contributed by atoms with van der Waals surface area (Å²) in [7, 11) is 1.87. The predicted octanol–water partition coefficient (Wildman–Crippen LogP) is 2.14. The number of guanidine groups is 1. The number of nitrogens with one attached hydrogen (secondary N) is 2. The Labute approximate surface area is 143 Å². The van der Waals surface area contributed by atoms with Crippen LogP contribution in [0.25, 0.3) is 0 Å². The summed E-state index contributed by atoms with van der Waals surface area (Å²) in [6.45, 7) is 16.9. The zero-order valence-corrected chi connectivity index (χ0v) is 16.2. The van der Waals surface area contributed by atoms with Crippen molar-refractivity contribution in [2.24, 2.45) is 4.99 Å². The summed E-state index contributed by atoms with van der Waals surface area (Å²) < 4.78 is 0. The van der Waals surface area contributed by atoms with Gasteiger partial charge in [0.1, 0.15) is 0 Å². The summed E-state index contributed by atoms with van der Waals surface area (Å²) in [4.78, 5) is 9.46. The highest BCUT2D eigenvalue weighted by Crippen LogP contribution is 2.10. The van der Waals surface area contributed by atoms with Gasteiger partial charge in [0.25, 0.3) is 0 Å². The Morgan fingerprint density at radius 2 is 1.78 bits per heavy atom. The van der Waals surface area contributed by atoms with E-state index in [9.17, 15) is 0 Å². The number of likely N-dealkylation sites (tertiary alicyclic amines) is 1. The third kappa shape index (κ3) is 7.53. The minimum Gasteiger partial charge on any atom is -0.355 e. The van der Waals surface area contributed by atoms with E-state index < -0.39 is 0 Å². The first kappa shape index (κ1) is 20.2. The Hall–Kier alpha value is -0.810. The molecule has 1 fully saturated rings. The molecule has 1 aliphatic heterocycles. The molecule has 0 atom stereocenters. The van der Waals surface area contributed by atoms with Crippen LogP contribution in [0.15, 0.2) is 4.99 Å². The molecule has 0 amide bonds. The summed E-state index contributed by atoms with van der Waals surface area (Å²) in [5.41, 5.74) is 0. The molecule has 23 heavy (non-hydrogen) atoms. The minimum absolute atomic E-state index is 0.556. The molecule has 0 saturated carbocycles. The predicted molar refractivity (Wildman–Crippen MR) is 101 cm³/mol. The molecule has 1 rings (SSSR count). The van der Waals surface area contributed by atoms with Gasteiger partial charge in [-0.05, 0) is 53.5 Å². The van der Waals surface area contributed by atoms with E-state index in [1.165, 1.54) is 38.9 Å². The zero-order valence-electron chi connectivity index (χ0n) is 16.2. The van der Waals surface area contributed by atoms with Crippen molar-refractivity contribution in [3.8, 4) is 0 Å². The second-order valence-corrected chi connectivity index (χ2v) is 7.18. The molecule has 0 aromatic carbocycles. The van der Waals surface area contributed by atoms with Crippen molar-refractivity contribution in [3.05, 3.63) is 0 Å². The third-order valence-electron chi connectivity index (χ3n) is 4.68. The highest BCUT2D eigenvalue weighted by Gasteiger charge is 2.19. The fourth-order valence-corrected chi connectivity index (χ4v) is 3.42. The van der Waals surface area contributed by atoms with Crippen molar-refractivity contribution >= 4 is 5.96 Å².